The Hall–Kier alpha value is -1.61. The van der Waals surface area contributed by atoms with Crippen molar-refractivity contribution in [3.05, 3.63) is 64.9 Å². The Bertz CT molecular complexity index is 644. The predicted octanol–water partition coefficient (Wildman–Crippen LogP) is 3.85. The van der Waals surface area contributed by atoms with Crippen molar-refractivity contribution in [3.63, 3.8) is 0 Å². The molecule has 0 saturated carbocycles. The minimum Gasteiger partial charge on any atom is -0.328 e. The van der Waals surface area contributed by atoms with E-state index in [1.165, 1.54) is 5.56 Å². The molecule has 0 aliphatic rings. The van der Waals surface area contributed by atoms with E-state index in [1.807, 2.05) is 18.3 Å². The molecule has 0 atom stereocenters. The molecular formula is C14H11BrN2. The molecule has 3 rings (SSSR count). The molecule has 17 heavy (non-hydrogen) atoms. The summed E-state index contributed by atoms with van der Waals surface area (Å²) in [6.07, 6.45) is 3.91. The highest BCUT2D eigenvalue weighted by atomic mass is 79.9. The average molecular weight is 287 g/mol. The highest BCUT2D eigenvalue weighted by molar-refractivity contribution is 9.10. The van der Waals surface area contributed by atoms with Gasteiger partial charge in [-0.15, -0.1) is 0 Å². The van der Waals surface area contributed by atoms with Crippen LogP contribution >= 0.6 is 15.9 Å². The van der Waals surface area contributed by atoms with Gasteiger partial charge in [0.25, 0.3) is 0 Å². The number of nitrogens with zero attached hydrogens (tertiary/aromatic N) is 2. The second-order valence-corrected chi connectivity index (χ2v) is 4.81. The van der Waals surface area contributed by atoms with E-state index in [0.29, 0.717) is 0 Å². The molecule has 0 radical (unpaired) electrons. The van der Waals surface area contributed by atoms with E-state index in [-0.39, 0.29) is 0 Å². The van der Waals surface area contributed by atoms with Gasteiger partial charge in [0, 0.05) is 28.8 Å². The van der Waals surface area contributed by atoms with Crippen LogP contribution in [0, 0.1) is 0 Å². The van der Waals surface area contributed by atoms with E-state index in [0.717, 1.165) is 22.1 Å². The van der Waals surface area contributed by atoms with Crippen LogP contribution in [-0.4, -0.2) is 9.55 Å². The molecule has 3 aromatic rings. The molecule has 0 spiro atoms. The van der Waals surface area contributed by atoms with Gasteiger partial charge in [0.15, 0.2) is 0 Å². The van der Waals surface area contributed by atoms with Crippen molar-refractivity contribution in [1.29, 1.82) is 0 Å². The summed E-state index contributed by atoms with van der Waals surface area (Å²) < 4.78 is 3.25. The maximum absolute atomic E-state index is 4.43. The van der Waals surface area contributed by atoms with Gasteiger partial charge >= 0.3 is 0 Å². The Morgan fingerprint density at radius 1 is 1.06 bits per heavy atom. The van der Waals surface area contributed by atoms with Gasteiger partial charge in [0.1, 0.15) is 5.65 Å². The van der Waals surface area contributed by atoms with Crippen molar-refractivity contribution < 1.29 is 0 Å². The SMILES string of the molecule is Brc1ccnc2c1ccn2Cc1ccccc1. The molecule has 0 aliphatic carbocycles. The van der Waals surface area contributed by atoms with Crippen molar-refractivity contribution >= 4 is 27.0 Å². The van der Waals surface area contributed by atoms with Crippen molar-refractivity contribution in [2.24, 2.45) is 0 Å². The fourth-order valence-electron chi connectivity index (χ4n) is 1.97. The Balaban J connectivity index is 2.05. The van der Waals surface area contributed by atoms with E-state index in [4.69, 9.17) is 0 Å². The summed E-state index contributed by atoms with van der Waals surface area (Å²) in [5.74, 6) is 0. The largest absolute Gasteiger partial charge is 0.328 e. The van der Waals surface area contributed by atoms with Crippen molar-refractivity contribution in [2.75, 3.05) is 0 Å². The van der Waals surface area contributed by atoms with Crippen LogP contribution in [0.1, 0.15) is 5.56 Å². The summed E-state index contributed by atoms with van der Waals surface area (Å²) in [4.78, 5) is 4.43. The van der Waals surface area contributed by atoms with Gasteiger partial charge in [0.05, 0.1) is 0 Å². The molecule has 3 heteroatoms. The first-order chi connectivity index (χ1) is 8.34. The molecule has 2 aromatic heterocycles. The molecule has 0 amide bonds. The van der Waals surface area contributed by atoms with Crippen LogP contribution in [0.2, 0.25) is 0 Å². The number of benzene rings is 1. The van der Waals surface area contributed by atoms with Crippen LogP contribution in [0.25, 0.3) is 11.0 Å². The molecule has 84 valence electrons. The van der Waals surface area contributed by atoms with E-state index < -0.39 is 0 Å². The smallest absolute Gasteiger partial charge is 0.141 e. The zero-order valence-corrected chi connectivity index (χ0v) is 10.8. The Morgan fingerprint density at radius 3 is 2.71 bits per heavy atom. The lowest BCUT2D eigenvalue weighted by Gasteiger charge is -2.04. The first-order valence-corrected chi connectivity index (χ1v) is 6.27. The molecule has 2 nitrogen and oxygen atoms in total. The van der Waals surface area contributed by atoms with E-state index in [9.17, 15) is 0 Å². The molecule has 2 heterocycles. The summed E-state index contributed by atoms with van der Waals surface area (Å²) in [5.41, 5.74) is 2.30. The van der Waals surface area contributed by atoms with Crippen LogP contribution in [-0.2, 0) is 6.54 Å². The monoisotopic (exact) mass is 286 g/mol. The van der Waals surface area contributed by atoms with Gasteiger partial charge in [-0.2, -0.15) is 0 Å². The summed E-state index contributed by atoms with van der Waals surface area (Å²) in [6.45, 7) is 0.855. The Morgan fingerprint density at radius 2 is 1.88 bits per heavy atom. The number of hydrogen-bond donors (Lipinski definition) is 0. The second kappa shape index (κ2) is 4.34. The maximum Gasteiger partial charge on any atom is 0.141 e. The minimum atomic E-state index is 0.855. The molecule has 0 aliphatic heterocycles. The van der Waals surface area contributed by atoms with Crippen molar-refractivity contribution in [1.82, 2.24) is 9.55 Å². The maximum atomic E-state index is 4.43. The normalized spacial score (nSPS) is 10.9. The lowest BCUT2D eigenvalue weighted by Crippen LogP contribution is -1.98. The zero-order valence-electron chi connectivity index (χ0n) is 9.18. The molecule has 0 fully saturated rings. The fourth-order valence-corrected chi connectivity index (χ4v) is 2.39. The number of halogens is 1. The van der Waals surface area contributed by atoms with Crippen LogP contribution < -0.4 is 0 Å². The number of rotatable bonds is 2. The third kappa shape index (κ3) is 1.98. The number of fused-ring (bicyclic) bond motifs is 1. The minimum absolute atomic E-state index is 0.855. The van der Waals surface area contributed by atoms with E-state index in [1.54, 1.807) is 0 Å². The highest BCUT2D eigenvalue weighted by Crippen LogP contribution is 2.23. The predicted molar refractivity (Wildman–Crippen MR) is 73.0 cm³/mol. The Labute approximate surface area is 108 Å². The summed E-state index contributed by atoms with van der Waals surface area (Å²) in [7, 11) is 0. The van der Waals surface area contributed by atoms with E-state index in [2.05, 4.69) is 62.0 Å². The van der Waals surface area contributed by atoms with Gasteiger partial charge in [-0.05, 0) is 33.6 Å². The lowest BCUT2D eigenvalue weighted by molar-refractivity contribution is 0.825. The summed E-state index contributed by atoms with van der Waals surface area (Å²) in [5, 5.41) is 1.16. The molecular weight excluding hydrogens is 276 g/mol. The molecule has 0 saturated heterocycles. The third-order valence-electron chi connectivity index (χ3n) is 2.80. The van der Waals surface area contributed by atoms with Crippen LogP contribution in [0.3, 0.4) is 0 Å². The lowest BCUT2D eigenvalue weighted by atomic mass is 10.2. The van der Waals surface area contributed by atoms with Crippen molar-refractivity contribution in [2.45, 2.75) is 6.54 Å². The van der Waals surface area contributed by atoms with Gasteiger partial charge < -0.3 is 4.57 Å². The summed E-state index contributed by atoms with van der Waals surface area (Å²) in [6, 6.07) is 14.5. The highest BCUT2D eigenvalue weighted by Gasteiger charge is 2.05. The zero-order chi connectivity index (χ0) is 11.7. The van der Waals surface area contributed by atoms with Gasteiger partial charge in [-0.1, -0.05) is 30.3 Å². The Kier molecular flexibility index (Phi) is 2.69. The standard InChI is InChI=1S/C14H11BrN2/c15-13-6-8-16-14-12(13)7-9-17(14)10-11-4-2-1-3-5-11/h1-9H,10H2. The number of hydrogen-bond acceptors (Lipinski definition) is 1. The van der Waals surface area contributed by atoms with Gasteiger partial charge in [0.2, 0.25) is 0 Å². The first-order valence-electron chi connectivity index (χ1n) is 5.48. The fraction of sp³-hybridized carbons (Fsp3) is 0.0714. The molecule has 0 bridgehead atoms. The number of aromatic nitrogens is 2. The summed E-state index contributed by atoms with van der Waals surface area (Å²) >= 11 is 3.54. The van der Waals surface area contributed by atoms with E-state index >= 15 is 0 Å². The first kappa shape index (κ1) is 10.5. The topological polar surface area (TPSA) is 17.8 Å². The van der Waals surface area contributed by atoms with Crippen LogP contribution in [0.4, 0.5) is 0 Å². The van der Waals surface area contributed by atoms with Crippen LogP contribution in [0.5, 0.6) is 0 Å². The second-order valence-electron chi connectivity index (χ2n) is 3.96. The molecule has 0 unspecified atom stereocenters. The molecule has 0 N–H and O–H groups in total. The van der Waals surface area contributed by atoms with Gasteiger partial charge in [-0.3, -0.25) is 0 Å². The average Bonchev–Trinajstić information content (AvgIpc) is 2.76. The van der Waals surface area contributed by atoms with Crippen molar-refractivity contribution in [3.8, 4) is 0 Å². The van der Waals surface area contributed by atoms with Gasteiger partial charge in [-0.25, -0.2) is 4.98 Å². The van der Waals surface area contributed by atoms with Crippen LogP contribution in [0.15, 0.2) is 59.3 Å². The third-order valence-corrected chi connectivity index (χ3v) is 3.50. The molecule has 1 aromatic carbocycles. The number of pyridine rings is 1. The quantitative estimate of drug-likeness (QED) is 0.700.